The fourth-order valence-corrected chi connectivity index (χ4v) is 4.24. The maximum atomic E-state index is 13.0. The number of nitrogens with zero attached hydrogens (tertiary/aromatic N) is 2. The monoisotopic (exact) mass is 448 g/mol. The van der Waals surface area contributed by atoms with Gasteiger partial charge >= 0.3 is 18.3 Å². The zero-order chi connectivity index (χ0) is 22.0. The van der Waals surface area contributed by atoms with E-state index in [2.05, 4.69) is 0 Å². The highest BCUT2D eigenvalue weighted by Gasteiger charge is 2.39. The minimum absolute atomic E-state index is 0.0726. The van der Waals surface area contributed by atoms with Gasteiger partial charge < -0.3 is 4.74 Å². The molecule has 1 aliphatic heterocycles. The Balaban J connectivity index is 2.26. The lowest BCUT2D eigenvalue weighted by Crippen LogP contribution is -2.50. The van der Waals surface area contributed by atoms with Gasteiger partial charge in [-0.05, 0) is 25.1 Å². The fraction of sp³-hybridized carbons (Fsp3) is 0.562. The molecule has 0 radical (unpaired) electrons. The molecule has 29 heavy (non-hydrogen) atoms. The molecule has 0 aliphatic carbocycles. The zero-order valence-corrected chi connectivity index (χ0v) is 16.0. The van der Waals surface area contributed by atoms with Gasteiger partial charge in [-0.3, -0.25) is 9.69 Å². The van der Waals surface area contributed by atoms with Gasteiger partial charge in [-0.1, -0.05) is 0 Å². The molecule has 6 nitrogen and oxygen atoms in total. The van der Waals surface area contributed by atoms with Crippen molar-refractivity contribution in [2.75, 3.05) is 39.3 Å². The first-order valence-corrected chi connectivity index (χ1v) is 9.86. The first kappa shape index (κ1) is 23.4. The van der Waals surface area contributed by atoms with E-state index in [0.29, 0.717) is 0 Å². The van der Waals surface area contributed by atoms with Gasteiger partial charge in [0, 0.05) is 26.2 Å². The van der Waals surface area contributed by atoms with Gasteiger partial charge in [-0.25, -0.2) is 8.42 Å². The maximum absolute atomic E-state index is 13.0. The number of ether oxygens (including phenoxy) is 1. The van der Waals surface area contributed by atoms with Crippen molar-refractivity contribution < 1.29 is 44.3 Å². The van der Waals surface area contributed by atoms with Crippen LogP contribution < -0.4 is 0 Å². The lowest BCUT2D eigenvalue weighted by Gasteiger charge is -2.33. The molecular formula is C16H18F6N2O4S. The van der Waals surface area contributed by atoms with Crippen molar-refractivity contribution in [3.8, 4) is 0 Å². The van der Waals surface area contributed by atoms with Gasteiger partial charge in [0.05, 0.1) is 29.2 Å². The molecule has 1 heterocycles. The second kappa shape index (κ2) is 8.48. The van der Waals surface area contributed by atoms with Crippen LogP contribution in [0.1, 0.15) is 18.1 Å². The first-order chi connectivity index (χ1) is 13.2. The Morgan fingerprint density at radius 1 is 0.966 bits per heavy atom. The van der Waals surface area contributed by atoms with Crippen LogP contribution in [-0.2, 0) is 31.9 Å². The molecule has 0 atom stereocenters. The van der Waals surface area contributed by atoms with Crippen LogP contribution in [0.15, 0.2) is 23.1 Å². The van der Waals surface area contributed by atoms with Gasteiger partial charge in [-0.15, -0.1) is 0 Å². The number of carbonyl (C=O) groups is 1. The Morgan fingerprint density at radius 3 is 1.86 bits per heavy atom. The smallest absolute Gasteiger partial charge is 0.416 e. The van der Waals surface area contributed by atoms with E-state index in [1.807, 2.05) is 0 Å². The highest BCUT2D eigenvalue weighted by molar-refractivity contribution is 7.89. The van der Waals surface area contributed by atoms with Crippen LogP contribution in [0.4, 0.5) is 26.3 Å². The number of piperazine rings is 1. The number of sulfonamides is 1. The van der Waals surface area contributed by atoms with Crippen LogP contribution in [-0.4, -0.2) is 62.9 Å². The number of rotatable bonds is 5. The van der Waals surface area contributed by atoms with Crippen LogP contribution in [0.25, 0.3) is 0 Å². The molecule has 0 spiro atoms. The van der Waals surface area contributed by atoms with E-state index in [1.165, 1.54) is 0 Å². The number of carbonyl (C=O) groups excluding carboxylic acids is 1. The van der Waals surface area contributed by atoms with Crippen LogP contribution >= 0.6 is 0 Å². The molecule has 1 aromatic carbocycles. The number of alkyl halides is 6. The van der Waals surface area contributed by atoms with Crippen LogP contribution in [0.3, 0.4) is 0 Å². The molecule has 0 aromatic heterocycles. The molecule has 0 amide bonds. The summed E-state index contributed by atoms with van der Waals surface area (Å²) < 4.78 is 109. The summed E-state index contributed by atoms with van der Waals surface area (Å²) in [6.45, 7) is 1.45. The molecule has 0 N–H and O–H groups in total. The van der Waals surface area contributed by atoms with Crippen molar-refractivity contribution in [1.29, 1.82) is 0 Å². The fourth-order valence-electron chi connectivity index (χ4n) is 2.74. The number of hydrogen-bond acceptors (Lipinski definition) is 5. The first-order valence-electron chi connectivity index (χ1n) is 8.42. The van der Waals surface area contributed by atoms with Crippen LogP contribution in [0.2, 0.25) is 0 Å². The Kier molecular flexibility index (Phi) is 6.85. The molecule has 1 aromatic rings. The summed E-state index contributed by atoms with van der Waals surface area (Å²) in [6.07, 6.45) is -10.3. The minimum atomic E-state index is -5.15. The van der Waals surface area contributed by atoms with Gasteiger partial charge in [0.2, 0.25) is 10.0 Å². The minimum Gasteiger partial charge on any atom is -0.465 e. The van der Waals surface area contributed by atoms with Crippen LogP contribution in [0.5, 0.6) is 0 Å². The quantitative estimate of drug-likeness (QED) is 0.512. The van der Waals surface area contributed by atoms with E-state index in [0.717, 1.165) is 4.31 Å². The molecule has 0 bridgehead atoms. The molecule has 0 unspecified atom stereocenters. The van der Waals surface area contributed by atoms with Crippen molar-refractivity contribution in [3.05, 3.63) is 29.3 Å². The van der Waals surface area contributed by atoms with Crippen molar-refractivity contribution in [3.63, 3.8) is 0 Å². The van der Waals surface area contributed by atoms with Gasteiger partial charge in [-0.2, -0.15) is 30.6 Å². The van der Waals surface area contributed by atoms with E-state index in [9.17, 15) is 39.6 Å². The van der Waals surface area contributed by atoms with E-state index < -0.39 is 44.4 Å². The molecule has 1 aliphatic rings. The number of hydrogen-bond donors (Lipinski definition) is 0. The second-order valence-corrected chi connectivity index (χ2v) is 8.16. The summed E-state index contributed by atoms with van der Waals surface area (Å²) in [7, 11) is -4.60. The summed E-state index contributed by atoms with van der Waals surface area (Å²) in [4.78, 5) is 12.0. The normalized spacial score (nSPS) is 17.3. The van der Waals surface area contributed by atoms with E-state index >= 15 is 0 Å². The Bertz CT molecular complexity index is 814. The predicted molar refractivity (Wildman–Crippen MR) is 88.3 cm³/mol. The summed E-state index contributed by atoms with van der Waals surface area (Å²) >= 11 is 0. The molecule has 1 fully saturated rings. The van der Waals surface area contributed by atoms with E-state index in [-0.39, 0.29) is 57.5 Å². The van der Waals surface area contributed by atoms with E-state index in [4.69, 9.17) is 4.74 Å². The molecule has 0 saturated carbocycles. The maximum Gasteiger partial charge on any atom is 0.416 e. The average molecular weight is 448 g/mol. The van der Waals surface area contributed by atoms with Gasteiger partial charge in [0.15, 0.2) is 0 Å². The lowest BCUT2D eigenvalue weighted by molar-refractivity contribution is -0.145. The van der Waals surface area contributed by atoms with Crippen LogP contribution in [0, 0.1) is 0 Å². The van der Waals surface area contributed by atoms with Crippen molar-refractivity contribution in [1.82, 2.24) is 9.21 Å². The lowest BCUT2D eigenvalue weighted by atomic mass is 10.1. The Morgan fingerprint density at radius 2 is 1.45 bits per heavy atom. The molecule has 13 heteroatoms. The number of halogens is 6. The largest absolute Gasteiger partial charge is 0.465 e. The third-order valence-electron chi connectivity index (χ3n) is 4.19. The SMILES string of the molecule is CCOC(=O)CN1CCN(S(=O)(=O)c2cc(C(F)(F)F)cc(C(F)(F)F)c2)CC1. The topological polar surface area (TPSA) is 66.9 Å². The summed E-state index contributed by atoms with van der Waals surface area (Å²) in [5.41, 5.74) is -3.40. The molecule has 2 rings (SSSR count). The van der Waals surface area contributed by atoms with Crippen molar-refractivity contribution in [2.45, 2.75) is 24.2 Å². The highest BCUT2D eigenvalue weighted by Crippen LogP contribution is 2.37. The zero-order valence-electron chi connectivity index (χ0n) is 15.2. The summed E-state index contributed by atoms with van der Waals surface area (Å²) in [6, 6.07) is 0.251. The third kappa shape index (κ3) is 5.82. The second-order valence-electron chi connectivity index (χ2n) is 6.23. The standard InChI is InChI=1S/C16H18F6N2O4S/c1-2-28-14(25)10-23-3-5-24(6-4-23)29(26,27)13-8-11(15(17,18)19)7-12(9-13)16(20,21)22/h7-9H,2-6,10H2,1H3. The summed E-state index contributed by atoms with van der Waals surface area (Å²) in [5, 5.41) is 0. The molecule has 164 valence electrons. The molecular weight excluding hydrogens is 430 g/mol. The highest BCUT2D eigenvalue weighted by atomic mass is 32.2. The predicted octanol–water partition coefficient (Wildman–Crippen LogP) is 2.59. The van der Waals surface area contributed by atoms with Crippen molar-refractivity contribution >= 4 is 16.0 Å². The Hall–Kier alpha value is -1.86. The number of esters is 1. The molecule has 1 saturated heterocycles. The Labute approximate surface area is 163 Å². The van der Waals surface area contributed by atoms with Gasteiger partial charge in [0.1, 0.15) is 0 Å². The number of benzene rings is 1. The van der Waals surface area contributed by atoms with Crippen molar-refractivity contribution in [2.24, 2.45) is 0 Å². The third-order valence-corrected chi connectivity index (χ3v) is 6.06. The summed E-state index contributed by atoms with van der Waals surface area (Å²) in [5.74, 6) is -0.517. The van der Waals surface area contributed by atoms with E-state index in [1.54, 1.807) is 11.8 Å². The van der Waals surface area contributed by atoms with Gasteiger partial charge in [0.25, 0.3) is 0 Å². The average Bonchev–Trinajstić information content (AvgIpc) is 2.60.